The second kappa shape index (κ2) is 5.81. The number of aromatic nitrogens is 1. The monoisotopic (exact) mass is 311 g/mol. The summed E-state index contributed by atoms with van der Waals surface area (Å²) in [6.45, 7) is 6.66. The highest BCUT2D eigenvalue weighted by atomic mass is 16.3. The number of furan rings is 1. The molecule has 0 spiro atoms. The Bertz CT molecular complexity index is 683. The van der Waals surface area contributed by atoms with Crippen molar-refractivity contribution in [2.75, 3.05) is 26.2 Å². The van der Waals surface area contributed by atoms with Gasteiger partial charge in [-0.25, -0.2) is 0 Å². The van der Waals surface area contributed by atoms with E-state index in [0.29, 0.717) is 11.8 Å². The lowest BCUT2D eigenvalue weighted by molar-refractivity contribution is 0.0772. The number of likely N-dealkylation sites (tertiary alicyclic amines) is 2. The molecule has 0 radical (unpaired) electrons. The number of hydrogen-bond acceptors (Lipinski definition) is 4. The van der Waals surface area contributed by atoms with Crippen LogP contribution in [0.3, 0.4) is 0 Å². The van der Waals surface area contributed by atoms with Crippen molar-refractivity contribution in [2.45, 2.75) is 13.5 Å². The van der Waals surface area contributed by atoms with Crippen molar-refractivity contribution >= 4 is 5.91 Å². The molecule has 2 aromatic heterocycles. The van der Waals surface area contributed by atoms with Crippen LogP contribution in [-0.4, -0.2) is 46.9 Å². The highest BCUT2D eigenvalue weighted by molar-refractivity contribution is 5.94. The van der Waals surface area contributed by atoms with Crippen LogP contribution in [0.25, 0.3) is 0 Å². The number of hydrogen-bond donors (Lipinski definition) is 0. The third kappa shape index (κ3) is 2.88. The van der Waals surface area contributed by atoms with E-state index >= 15 is 0 Å². The topological polar surface area (TPSA) is 49.6 Å². The van der Waals surface area contributed by atoms with Crippen LogP contribution in [0.1, 0.15) is 21.9 Å². The molecule has 5 heteroatoms. The fourth-order valence-corrected chi connectivity index (χ4v) is 3.85. The minimum absolute atomic E-state index is 0.134. The smallest absolute Gasteiger partial charge is 0.253 e. The first kappa shape index (κ1) is 14.5. The summed E-state index contributed by atoms with van der Waals surface area (Å²) in [5, 5.41) is 0. The number of aryl methyl sites for hydroxylation is 1. The van der Waals surface area contributed by atoms with E-state index in [9.17, 15) is 4.79 Å². The molecular formula is C18H21N3O2. The third-order valence-corrected chi connectivity index (χ3v) is 4.95. The van der Waals surface area contributed by atoms with Gasteiger partial charge in [-0.15, -0.1) is 0 Å². The van der Waals surface area contributed by atoms with Crippen LogP contribution in [0.5, 0.6) is 0 Å². The molecule has 2 fully saturated rings. The first-order chi connectivity index (χ1) is 11.2. The molecule has 2 aliphatic rings. The molecule has 0 aliphatic carbocycles. The van der Waals surface area contributed by atoms with Crippen molar-refractivity contribution < 1.29 is 9.21 Å². The van der Waals surface area contributed by atoms with E-state index in [-0.39, 0.29) is 5.91 Å². The summed E-state index contributed by atoms with van der Waals surface area (Å²) >= 11 is 0. The highest BCUT2D eigenvalue weighted by Gasteiger charge is 2.41. The highest BCUT2D eigenvalue weighted by Crippen LogP contribution is 2.32. The van der Waals surface area contributed by atoms with Crippen LogP contribution in [0.4, 0.5) is 0 Å². The normalized spacial score (nSPS) is 24.1. The number of fused-ring (bicyclic) bond motifs is 1. The molecule has 5 nitrogen and oxygen atoms in total. The first-order valence-corrected chi connectivity index (χ1v) is 8.16. The molecule has 2 atom stereocenters. The first-order valence-electron chi connectivity index (χ1n) is 8.16. The molecule has 120 valence electrons. The van der Waals surface area contributed by atoms with Crippen LogP contribution < -0.4 is 0 Å². The number of pyridine rings is 1. The van der Waals surface area contributed by atoms with Gasteiger partial charge in [-0.3, -0.25) is 14.7 Å². The second-order valence-electron chi connectivity index (χ2n) is 6.67. The predicted molar refractivity (Wildman–Crippen MR) is 85.8 cm³/mol. The molecule has 2 aliphatic heterocycles. The molecule has 0 bridgehead atoms. The van der Waals surface area contributed by atoms with Gasteiger partial charge < -0.3 is 9.32 Å². The zero-order valence-corrected chi connectivity index (χ0v) is 13.3. The van der Waals surface area contributed by atoms with Gasteiger partial charge in [0.05, 0.1) is 6.54 Å². The van der Waals surface area contributed by atoms with Gasteiger partial charge in [-0.2, -0.15) is 0 Å². The van der Waals surface area contributed by atoms with Crippen molar-refractivity contribution in [2.24, 2.45) is 11.8 Å². The van der Waals surface area contributed by atoms with Crippen molar-refractivity contribution in [3.63, 3.8) is 0 Å². The van der Waals surface area contributed by atoms with Gasteiger partial charge in [0.2, 0.25) is 0 Å². The van der Waals surface area contributed by atoms with E-state index in [1.54, 1.807) is 24.5 Å². The average Bonchev–Trinajstić information content (AvgIpc) is 3.22. The van der Waals surface area contributed by atoms with Gasteiger partial charge in [0, 0.05) is 44.1 Å². The average molecular weight is 311 g/mol. The van der Waals surface area contributed by atoms with Gasteiger partial charge in [0.15, 0.2) is 0 Å². The Balaban J connectivity index is 1.36. The third-order valence-electron chi connectivity index (χ3n) is 4.95. The maximum Gasteiger partial charge on any atom is 0.253 e. The summed E-state index contributed by atoms with van der Waals surface area (Å²) in [6, 6.07) is 7.66. The summed E-state index contributed by atoms with van der Waals surface area (Å²) in [4.78, 5) is 20.9. The van der Waals surface area contributed by atoms with E-state index in [1.807, 2.05) is 17.9 Å². The molecule has 2 aromatic rings. The second-order valence-corrected chi connectivity index (χ2v) is 6.67. The zero-order valence-electron chi connectivity index (χ0n) is 13.3. The standard InChI is InChI=1S/C18H21N3O2/c1-13-2-3-17(23-13)12-20-8-15-10-21(11-16(15)9-20)18(22)14-4-6-19-7-5-14/h2-7,15-16H,8-12H2,1H3/t15-,16-/m0/s1. The maximum absolute atomic E-state index is 12.5. The zero-order chi connectivity index (χ0) is 15.8. The molecule has 23 heavy (non-hydrogen) atoms. The van der Waals surface area contributed by atoms with Gasteiger partial charge >= 0.3 is 0 Å². The fraction of sp³-hybridized carbons (Fsp3) is 0.444. The van der Waals surface area contributed by atoms with Crippen LogP contribution in [0, 0.1) is 18.8 Å². The molecule has 4 heterocycles. The molecule has 0 unspecified atom stereocenters. The van der Waals surface area contributed by atoms with E-state index in [4.69, 9.17) is 4.42 Å². The SMILES string of the molecule is Cc1ccc(CN2C[C@H]3CN(C(=O)c4ccncc4)C[C@@H]3C2)o1. The van der Waals surface area contributed by atoms with E-state index in [2.05, 4.69) is 16.0 Å². The van der Waals surface area contributed by atoms with Crippen molar-refractivity contribution in [1.82, 2.24) is 14.8 Å². The van der Waals surface area contributed by atoms with E-state index in [0.717, 1.165) is 49.8 Å². The molecule has 1 amide bonds. The minimum atomic E-state index is 0.134. The molecular weight excluding hydrogens is 290 g/mol. The van der Waals surface area contributed by atoms with Crippen molar-refractivity contribution in [3.05, 3.63) is 53.7 Å². The summed E-state index contributed by atoms with van der Waals surface area (Å²) in [5.41, 5.74) is 0.739. The van der Waals surface area contributed by atoms with Gasteiger partial charge in [-0.1, -0.05) is 0 Å². The van der Waals surface area contributed by atoms with Crippen molar-refractivity contribution in [1.29, 1.82) is 0 Å². The largest absolute Gasteiger partial charge is 0.465 e. The maximum atomic E-state index is 12.5. The number of carbonyl (C=O) groups excluding carboxylic acids is 1. The van der Waals surface area contributed by atoms with Crippen LogP contribution in [0.2, 0.25) is 0 Å². The Morgan fingerprint density at radius 3 is 2.43 bits per heavy atom. The Morgan fingerprint density at radius 2 is 1.83 bits per heavy atom. The van der Waals surface area contributed by atoms with Gasteiger partial charge in [-0.05, 0) is 43.0 Å². The summed E-state index contributed by atoms with van der Waals surface area (Å²) in [7, 11) is 0. The van der Waals surface area contributed by atoms with Crippen LogP contribution in [0.15, 0.2) is 41.1 Å². The summed E-state index contributed by atoms with van der Waals surface area (Å²) in [5.74, 6) is 3.30. The lowest BCUT2D eigenvalue weighted by atomic mass is 10.0. The Kier molecular flexibility index (Phi) is 3.65. The van der Waals surface area contributed by atoms with Crippen molar-refractivity contribution in [3.8, 4) is 0 Å². The van der Waals surface area contributed by atoms with Crippen LogP contribution >= 0.6 is 0 Å². The van der Waals surface area contributed by atoms with E-state index in [1.165, 1.54) is 0 Å². The molecule has 0 N–H and O–H groups in total. The molecule has 0 aromatic carbocycles. The van der Waals surface area contributed by atoms with E-state index < -0.39 is 0 Å². The van der Waals surface area contributed by atoms with Gasteiger partial charge in [0.25, 0.3) is 5.91 Å². The molecule has 0 saturated carbocycles. The Hall–Kier alpha value is -2.14. The predicted octanol–water partition coefficient (Wildman–Crippen LogP) is 2.19. The fourth-order valence-electron chi connectivity index (χ4n) is 3.85. The molecule has 2 saturated heterocycles. The minimum Gasteiger partial charge on any atom is -0.465 e. The Labute approximate surface area is 135 Å². The lowest BCUT2D eigenvalue weighted by Crippen LogP contribution is -2.33. The number of carbonyl (C=O) groups is 1. The summed E-state index contributed by atoms with van der Waals surface area (Å²) < 4.78 is 5.67. The number of rotatable bonds is 3. The lowest BCUT2D eigenvalue weighted by Gasteiger charge is -2.21. The number of amides is 1. The number of nitrogens with zero attached hydrogens (tertiary/aromatic N) is 3. The quantitative estimate of drug-likeness (QED) is 0.872. The molecule has 4 rings (SSSR count). The summed E-state index contributed by atoms with van der Waals surface area (Å²) in [6.07, 6.45) is 3.36. The van der Waals surface area contributed by atoms with Gasteiger partial charge in [0.1, 0.15) is 11.5 Å². The Morgan fingerprint density at radius 1 is 1.13 bits per heavy atom. The van der Waals surface area contributed by atoms with Crippen LogP contribution in [-0.2, 0) is 6.54 Å².